The summed E-state index contributed by atoms with van der Waals surface area (Å²) >= 11 is 0. The molecule has 0 bridgehead atoms. The summed E-state index contributed by atoms with van der Waals surface area (Å²) in [5, 5.41) is 13.0. The van der Waals surface area contributed by atoms with Crippen molar-refractivity contribution in [2.45, 2.75) is 65.0 Å². The molecule has 0 heterocycles. The topological polar surface area (TPSA) is 49.3 Å². The van der Waals surface area contributed by atoms with Crippen LogP contribution in [-0.2, 0) is 4.79 Å². The molecular formula is C15H25NO2. The van der Waals surface area contributed by atoms with Gasteiger partial charge in [-0.3, -0.25) is 4.79 Å². The van der Waals surface area contributed by atoms with E-state index in [2.05, 4.69) is 5.32 Å². The van der Waals surface area contributed by atoms with Crippen LogP contribution in [0.1, 0.15) is 52.9 Å². The van der Waals surface area contributed by atoms with Gasteiger partial charge in [0, 0.05) is 6.04 Å². The van der Waals surface area contributed by atoms with E-state index >= 15 is 0 Å². The van der Waals surface area contributed by atoms with Crippen LogP contribution in [0.5, 0.6) is 0 Å². The zero-order valence-electron chi connectivity index (χ0n) is 11.7. The van der Waals surface area contributed by atoms with Crippen molar-refractivity contribution in [2.24, 2.45) is 0 Å². The maximum atomic E-state index is 11.9. The maximum absolute atomic E-state index is 11.9. The van der Waals surface area contributed by atoms with Crippen LogP contribution in [0.15, 0.2) is 23.3 Å². The summed E-state index contributed by atoms with van der Waals surface area (Å²) in [6.07, 6.45) is 8.47. The SMILES string of the molecule is CC=CC(C)=C(C)C(O)C(=O)NC1CCCCC1. The largest absolute Gasteiger partial charge is 0.379 e. The van der Waals surface area contributed by atoms with Crippen molar-refractivity contribution in [1.29, 1.82) is 0 Å². The molecule has 1 atom stereocenters. The molecule has 0 aliphatic heterocycles. The molecule has 3 heteroatoms. The van der Waals surface area contributed by atoms with Gasteiger partial charge in [0.25, 0.3) is 5.91 Å². The Bertz CT molecular complexity index is 338. The third kappa shape index (κ3) is 4.30. The van der Waals surface area contributed by atoms with Crippen LogP contribution in [-0.4, -0.2) is 23.2 Å². The van der Waals surface area contributed by atoms with Gasteiger partial charge < -0.3 is 10.4 Å². The lowest BCUT2D eigenvalue weighted by molar-refractivity contribution is -0.128. The third-order valence-electron chi connectivity index (χ3n) is 3.65. The fourth-order valence-electron chi connectivity index (χ4n) is 2.32. The van der Waals surface area contributed by atoms with Gasteiger partial charge in [-0.25, -0.2) is 0 Å². The normalized spacial score (nSPS) is 20.7. The van der Waals surface area contributed by atoms with Crippen LogP contribution in [0.2, 0.25) is 0 Å². The van der Waals surface area contributed by atoms with Crippen molar-refractivity contribution in [3.63, 3.8) is 0 Å². The molecule has 1 amide bonds. The fourth-order valence-corrected chi connectivity index (χ4v) is 2.32. The summed E-state index contributed by atoms with van der Waals surface area (Å²) in [6.45, 7) is 5.64. The van der Waals surface area contributed by atoms with Crippen LogP contribution in [0.3, 0.4) is 0 Å². The first kappa shape index (κ1) is 15.0. The summed E-state index contributed by atoms with van der Waals surface area (Å²) in [5.74, 6) is -0.261. The number of carbonyl (C=O) groups is 1. The molecule has 0 spiro atoms. The number of allylic oxidation sites excluding steroid dienone is 3. The van der Waals surface area contributed by atoms with Gasteiger partial charge in [0.1, 0.15) is 0 Å². The minimum atomic E-state index is -1.02. The fraction of sp³-hybridized carbons (Fsp3) is 0.667. The predicted octanol–water partition coefficient (Wildman–Crippen LogP) is 2.71. The Kier molecular flexibility index (Phi) is 6.13. The molecule has 1 aliphatic rings. The van der Waals surface area contributed by atoms with Gasteiger partial charge in [0.15, 0.2) is 6.10 Å². The minimum absolute atomic E-state index is 0.246. The lowest BCUT2D eigenvalue weighted by atomic mass is 9.95. The molecule has 18 heavy (non-hydrogen) atoms. The van der Waals surface area contributed by atoms with Crippen molar-refractivity contribution in [3.8, 4) is 0 Å². The zero-order chi connectivity index (χ0) is 13.5. The average Bonchev–Trinajstić information content (AvgIpc) is 2.38. The molecule has 1 rings (SSSR count). The van der Waals surface area contributed by atoms with Gasteiger partial charge in [-0.1, -0.05) is 31.4 Å². The van der Waals surface area contributed by atoms with E-state index in [1.807, 2.05) is 26.0 Å². The second kappa shape index (κ2) is 7.37. The molecule has 0 saturated heterocycles. The van der Waals surface area contributed by atoms with Crippen LogP contribution in [0, 0.1) is 0 Å². The second-order valence-electron chi connectivity index (χ2n) is 5.11. The number of carbonyl (C=O) groups excluding carboxylic acids is 1. The van der Waals surface area contributed by atoms with E-state index in [9.17, 15) is 9.90 Å². The van der Waals surface area contributed by atoms with Crippen molar-refractivity contribution in [3.05, 3.63) is 23.3 Å². The smallest absolute Gasteiger partial charge is 0.253 e. The van der Waals surface area contributed by atoms with E-state index in [0.717, 1.165) is 24.0 Å². The van der Waals surface area contributed by atoms with Gasteiger partial charge in [-0.05, 0) is 44.8 Å². The summed E-state index contributed by atoms with van der Waals surface area (Å²) in [4.78, 5) is 11.9. The van der Waals surface area contributed by atoms with Crippen molar-refractivity contribution in [2.75, 3.05) is 0 Å². The number of amides is 1. The number of aliphatic hydroxyl groups excluding tert-OH is 1. The second-order valence-corrected chi connectivity index (χ2v) is 5.11. The van der Waals surface area contributed by atoms with Gasteiger partial charge in [0.2, 0.25) is 0 Å². The summed E-state index contributed by atoms with van der Waals surface area (Å²) in [5.41, 5.74) is 1.67. The van der Waals surface area contributed by atoms with E-state index in [1.165, 1.54) is 19.3 Å². The first-order chi connectivity index (χ1) is 8.56. The van der Waals surface area contributed by atoms with Crippen LogP contribution in [0.25, 0.3) is 0 Å². The summed E-state index contributed by atoms with van der Waals surface area (Å²) in [6, 6.07) is 0.246. The lowest BCUT2D eigenvalue weighted by Crippen LogP contribution is -2.42. The number of rotatable bonds is 4. The van der Waals surface area contributed by atoms with Crippen molar-refractivity contribution < 1.29 is 9.90 Å². The highest BCUT2D eigenvalue weighted by Crippen LogP contribution is 2.18. The lowest BCUT2D eigenvalue weighted by Gasteiger charge is -2.24. The molecule has 0 aromatic heterocycles. The highest BCUT2D eigenvalue weighted by molar-refractivity contribution is 5.84. The highest BCUT2D eigenvalue weighted by atomic mass is 16.3. The molecule has 3 nitrogen and oxygen atoms in total. The number of hydrogen-bond donors (Lipinski definition) is 2. The molecule has 1 saturated carbocycles. The molecule has 1 unspecified atom stereocenters. The van der Waals surface area contributed by atoms with Crippen molar-refractivity contribution >= 4 is 5.91 Å². The van der Waals surface area contributed by atoms with Gasteiger partial charge in [-0.15, -0.1) is 0 Å². The monoisotopic (exact) mass is 251 g/mol. The molecule has 2 N–H and O–H groups in total. The van der Waals surface area contributed by atoms with E-state index < -0.39 is 6.10 Å². The van der Waals surface area contributed by atoms with E-state index in [-0.39, 0.29) is 11.9 Å². The predicted molar refractivity (Wildman–Crippen MR) is 74.2 cm³/mol. The molecule has 0 radical (unpaired) electrons. The zero-order valence-corrected chi connectivity index (χ0v) is 11.7. The van der Waals surface area contributed by atoms with Crippen molar-refractivity contribution in [1.82, 2.24) is 5.32 Å². The first-order valence-electron chi connectivity index (χ1n) is 6.84. The molecule has 1 aliphatic carbocycles. The molecule has 0 aromatic rings. The minimum Gasteiger partial charge on any atom is -0.379 e. The Morgan fingerprint density at radius 1 is 1.28 bits per heavy atom. The Balaban J connectivity index is 2.57. The summed E-state index contributed by atoms with van der Waals surface area (Å²) in [7, 11) is 0. The van der Waals surface area contributed by atoms with Crippen LogP contribution < -0.4 is 5.32 Å². The Morgan fingerprint density at radius 2 is 1.89 bits per heavy atom. The summed E-state index contributed by atoms with van der Waals surface area (Å²) < 4.78 is 0. The molecule has 0 aromatic carbocycles. The quantitative estimate of drug-likeness (QED) is 0.755. The van der Waals surface area contributed by atoms with E-state index in [0.29, 0.717) is 0 Å². The molecular weight excluding hydrogens is 226 g/mol. The van der Waals surface area contributed by atoms with Crippen LogP contribution >= 0.6 is 0 Å². The average molecular weight is 251 g/mol. The van der Waals surface area contributed by atoms with E-state index in [4.69, 9.17) is 0 Å². The Labute approximate surface area is 110 Å². The van der Waals surface area contributed by atoms with Crippen LogP contribution in [0.4, 0.5) is 0 Å². The number of hydrogen-bond acceptors (Lipinski definition) is 2. The molecule has 102 valence electrons. The number of aliphatic hydroxyl groups is 1. The van der Waals surface area contributed by atoms with E-state index in [1.54, 1.807) is 6.92 Å². The van der Waals surface area contributed by atoms with Gasteiger partial charge >= 0.3 is 0 Å². The van der Waals surface area contributed by atoms with Gasteiger partial charge in [0.05, 0.1) is 0 Å². The number of nitrogens with one attached hydrogen (secondary N) is 1. The Hall–Kier alpha value is -1.09. The molecule has 1 fully saturated rings. The Morgan fingerprint density at radius 3 is 2.44 bits per heavy atom. The van der Waals surface area contributed by atoms with Gasteiger partial charge in [-0.2, -0.15) is 0 Å². The standard InChI is InChI=1S/C15H25NO2/c1-4-8-11(2)12(3)14(17)15(18)16-13-9-6-5-7-10-13/h4,8,13-14,17H,5-7,9-10H2,1-3H3,(H,16,18). The maximum Gasteiger partial charge on any atom is 0.253 e. The first-order valence-corrected chi connectivity index (χ1v) is 6.84. The highest BCUT2D eigenvalue weighted by Gasteiger charge is 2.22. The third-order valence-corrected chi connectivity index (χ3v) is 3.65.